The zero-order valence-corrected chi connectivity index (χ0v) is 18.0. The number of rotatable bonds is 3. The van der Waals surface area contributed by atoms with Gasteiger partial charge in [-0.15, -0.1) is 10.2 Å². The second-order valence-electron chi connectivity index (χ2n) is 10.2. The second kappa shape index (κ2) is 7.11. The Balaban J connectivity index is 1.20. The summed E-state index contributed by atoms with van der Waals surface area (Å²) in [6.45, 7) is 1.61. The van der Waals surface area contributed by atoms with Crippen LogP contribution in [0.15, 0.2) is 24.3 Å². The molecule has 7 rings (SSSR count). The van der Waals surface area contributed by atoms with Crippen LogP contribution in [0.25, 0.3) is 10.6 Å². The van der Waals surface area contributed by atoms with Crippen LogP contribution >= 0.6 is 11.3 Å². The molecule has 5 fully saturated rings. The van der Waals surface area contributed by atoms with Gasteiger partial charge >= 0.3 is 0 Å². The number of halogens is 1. The van der Waals surface area contributed by atoms with Crippen molar-refractivity contribution in [3.8, 4) is 10.6 Å². The first-order chi connectivity index (χ1) is 14.6. The highest BCUT2D eigenvalue weighted by atomic mass is 32.1. The maximum Gasteiger partial charge on any atom is 0.228 e. The zero-order chi connectivity index (χ0) is 20.3. The molecule has 4 nitrogen and oxygen atoms in total. The molecule has 1 unspecified atom stereocenters. The lowest BCUT2D eigenvalue weighted by Crippen LogP contribution is -2.55. The number of amides is 1. The van der Waals surface area contributed by atoms with Crippen molar-refractivity contribution >= 4 is 17.2 Å². The van der Waals surface area contributed by atoms with Gasteiger partial charge in [0.05, 0.1) is 5.41 Å². The highest BCUT2D eigenvalue weighted by Crippen LogP contribution is 2.60. The molecule has 4 bridgehead atoms. The van der Waals surface area contributed by atoms with Gasteiger partial charge in [0, 0.05) is 24.6 Å². The van der Waals surface area contributed by atoms with Crippen LogP contribution in [0, 0.1) is 29.0 Å². The number of hydrogen-bond donors (Lipinski definition) is 0. The Hall–Kier alpha value is -1.82. The van der Waals surface area contributed by atoms with Gasteiger partial charge in [0.2, 0.25) is 5.91 Å². The number of hydrogen-bond acceptors (Lipinski definition) is 4. The number of carbonyl (C=O) groups excluding carboxylic acids is 1. The van der Waals surface area contributed by atoms with Gasteiger partial charge in [-0.1, -0.05) is 23.5 Å². The maximum atomic E-state index is 14.1. The third-order valence-corrected chi connectivity index (χ3v) is 9.21. The molecule has 1 aromatic heterocycles. The Kier molecular flexibility index (Phi) is 4.48. The smallest absolute Gasteiger partial charge is 0.228 e. The molecule has 2 aromatic rings. The highest BCUT2D eigenvalue weighted by molar-refractivity contribution is 7.14. The van der Waals surface area contributed by atoms with Crippen molar-refractivity contribution in [1.82, 2.24) is 15.1 Å². The Labute approximate surface area is 180 Å². The van der Waals surface area contributed by atoms with E-state index in [4.69, 9.17) is 0 Å². The van der Waals surface area contributed by atoms with Crippen LogP contribution in [0.5, 0.6) is 0 Å². The minimum absolute atomic E-state index is 0.0733. The molecule has 6 heteroatoms. The number of likely N-dealkylation sites (tertiary alicyclic amines) is 1. The molecule has 0 N–H and O–H groups in total. The lowest BCUT2D eigenvalue weighted by molar-refractivity contribution is -0.158. The van der Waals surface area contributed by atoms with Crippen LogP contribution in [-0.4, -0.2) is 34.1 Å². The standard InChI is InChI=1S/C24H28FN3OS/c25-20-6-2-1-5-19(20)22-27-26-21(30-22)18-4-3-7-28(14-18)23(29)24-11-15-8-16(12-24)10-17(9-15)13-24/h1-2,5-6,15-18H,3-4,7-14H2. The van der Waals surface area contributed by atoms with E-state index in [1.165, 1.54) is 36.7 Å². The molecule has 4 aliphatic carbocycles. The number of piperidine rings is 1. The molecule has 1 atom stereocenters. The van der Waals surface area contributed by atoms with Crippen LogP contribution in [0.3, 0.4) is 0 Å². The second-order valence-corrected chi connectivity index (χ2v) is 11.2. The van der Waals surface area contributed by atoms with Gasteiger partial charge in [-0.25, -0.2) is 4.39 Å². The maximum absolute atomic E-state index is 14.1. The average molecular weight is 426 g/mol. The lowest BCUT2D eigenvalue weighted by atomic mass is 9.49. The minimum atomic E-state index is -0.262. The summed E-state index contributed by atoms with van der Waals surface area (Å²) in [5, 5.41) is 10.3. The Morgan fingerprint density at radius 3 is 2.47 bits per heavy atom. The third kappa shape index (κ3) is 3.10. The number of carbonyl (C=O) groups is 1. The quantitative estimate of drug-likeness (QED) is 0.673. The predicted molar refractivity (Wildman–Crippen MR) is 114 cm³/mol. The molecule has 5 aliphatic rings. The van der Waals surface area contributed by atoms with Gasteiger partial charge in [-0.3, -0.25) is 4.79 Å². The minimum Gasteiger partial charge on any atom is -0.342 e. The summed E-state index contributed by atoms with van der Waals surface area (Å²) in [5.74, 6) is 2.73. The molecule has 0 radical (unpaired) electrons. The van der Waals surface area contributed by atoms with Crippen LogP contribution in [0.4, 0.5) is 4.39 Å². The first-order valence-electron chi connectivity index (χ1n) is 11.5. The van der Waals surface area contributed by atoms with Crippen LogP contribution in [-0.2, 0) is 4.79 Å². The molecule has 1 saturated heterocycles. The van der Waals surface area contributed by atoms with Gasteiger partial charge in [0.15, 0.2) is 5.01 Å². The van der Waals surface area contributed by atoms with Gasteiger partial charge in [-0.2, -0.15) is 0 Å². The molecule has 1 amide bonds. The monoisotopic (exact) mass is 425 g/mol. The zero-order valence-electron chi connectivity index (χ0n) is 17.2. The largest absolute Gasteiger partial charge is 0.342 e. The Morgan fingerprint density at radius 1 is 1.07 bits per heavy atom. The number of aromatic nitrogens is 2. The molecule has 0 spiro atoms. The van der Waals surface area contributed by atoms with Crippen molar-refractivity contribution in [1.29, 1.82) is 0 Å². The SMILES string of the molecule is O=C(N1CCCC(c2nnc(-c3ccccc3F)s2)C1)C12CC3CC(CC(C3)C1)C2. The molecular formula is C24H28FN3OS. The molecule has 1 aromatic carbocycles. The van der Waals surface area contributed by atoms with Gasteiger partial charge in [0.25, 0.3) is 0 Å². The topological polar surface area (TPSA) is 46.1 Å². The number of nitrogens with zero attached hydrogens (tertiary/aromatic N) is 3. The van der Waals surface area contributed by atoms with E-state index < -0.39 is 0 Å². The van der Waals surface area contributed by atoms with E-state index in [0.717, 1.165) is 68.0 Å². The summed E-state index contributed by atoms with van der Waals surface area (Å²) in [6.07, 6.45) is 9.48. The van der Waals surface area contributed by atoms with Crippen molar-refractivity contribution in [2.24, 2.45) is 23.2 Å². The molecule has 2 heterocycles. The molecular weight excluding hydrogens is 397 g/mol. The van der Waals surface area contributed by atoms with E-state index in [-0.39, 0.29) is 17.2 Å². The molecule has 30 heavy (non-hydrogen) atoms. The van der Waals surface area contributed by atoms with Crippen LogP contribution in [0.1, 0.15) is 62.3 Å². The van der Waals surface area contributed by atoms with E-state index in [0.29, 0.717) is 16.5 Å². The van der Waals surface area contributed by atoms with E-state index >= 15 is 0 Å². The average Bonchev–Trinajstić information content (AvgIpc) is 3.23. The van der Waals surface area contributed by atoms with Gasteiger partial charge < -0.3 is 4.90 Å². The van der Waals surface area contributed by atoms with Crippen molar-refractivity contribution in [3.05, 3.63) is 35.1 Å². The summed E-state index contributed by atoms with van der Waals surface area (Å²) in [4.78, 5) is 15.9. The fraction of sp³-hybridized carbons (Fsp3) is 0.625. The van der Waals surface area contributed by atoms with Crippen molar-refractivity contribution < 1.29 is 9.18 Å². The fourth-order valence-electron chi connectivity index (χ4n) is 7.21. The predicted octanol–water partition coefficient (Wildman–Crippen LogP) is 5.27. The van der Waals surface area contributed by atoms with Crippen molar-refractivity contribution in [2.45, 2.75) is 57.3 Å². The molecule has 4 saturated carbocycles. The summed E-state index contributed by atoms with van der Waals surface area (Å²) < 4.78 is 14.1. The number of benzene rings is 1. The van der Waals surface area contributed by atoms with Crippen molar-refractivity contribution in [3.63, 3.8) is 0 Å². The summed E-state index contributed by atoms with van der Waals surface area (Å²) >= 11 is 1.48. The Bertz CT molecular complexity index is 938. The van der Waals surface area contributed by atoms with Crippen molar-refractivity contribution in [2.75, 3.05) is 13.1 Å². The first-order valence-corrected chi connectivity index (χ1v) is 12.3. The normalized spacial score (nSPS) is 35.0. The first kappa shape index (κ1) is 18.9. The summed E-state index contributed by atoms with van der Waals surface area (Å²) in [6, 6.07) is 6.73. The van der Waals surface area contributed by atoms with Gasteiger partial charge in [0.1, 0.15) is 10.8 Å². The highest BCUT2D eigenvalue weighted by Gasteiger charge is 2.55. The molecule has 158 valence electrons. The van der Waals surface area contributed by atoms with Crippen LogP contribution < -0.4 is 0 Å². The fourth-order valence-corrected chi connectivity index (χ4v) is 8.21. The summed E-state index contributed by atoms with van der Waals surface area (Å²) in [5.41, 5.74) is 0.439. The lowest BCUT2D eigenvalue weighted by Gasteiger charge is -2.57. The van der Waals surface area contributed by atoms with E-state index in [1.807, 2.05) is 6.07 Å². The van der Waals surface area contributed by atoms with E-state index in [1.54, 1.807) is 12.1 Å². The third-order valence-electron chi connectivity index (χ3n) is 8.09. The van der Waals surface area contributed by atoms with E-state index in [9.17, 15) is 9.18 Å². The summed E-state index contributed by atoms with van der Waals surface area (Å²) in [7, 11) is 0. The Morgan fingerprint density at radius 2 is 1.77 bits per heavy atom. The van der Waals surface area contributed by atoms with E-state index in [2.05, 4.69) is 15.1 Å². The van der Waals surface area contributed by atoms with Gasteiger partial charge in [-0.05, 0) is 81.3 Å². The van der Waals surface area contributed by atoms with Crippen LogP contribution in [0.2, 0.25) is 0 Å². The molecule has 1 aliphatic heterocycles.